The highest BCUT2D eigenvalue weighted by atomic mass is 16.8. The van der Waals surface area contributed by atoms with Gasteiger partial charge in [0, 0.05) is 6.54 Å². The Morgan fingerprint density at radius 1 is 1.53 bits per heavy atom. The minimum absolute atomic E-state index is 0.0468. The summed E-state index contributed by atoms with van der Waals surface area (Å²) in [7, 11) is 0. The van der Waals surface area contributed by atoms with E-state index in [0.29, 0.717) is 13.2 Å². The van der Waals surface area contributed by atoms with Crippen LogP contribution in [0.5, 0.6) is 0 Å². The van der Waals surface area contributed by atoms with Crippen LogP contribution >= 0.6 is 0 Å². The molecule has 5 heteroatoms. The molecule has 2 heterocycles. The number of carbonyl (C=O) groups is 1. The third-order valence-corrected chi connectivity index (χ3v) is 2.63. The van der Waals surface area contributed by atoms with Crippen molar-refractivity contribution in [3.8, 4) is 0 Å². The standard InChI is InChI=1S/C10H17NO4/c1-4-13-9(12)7-8-6(5-11-7)14-10(2,3)15-8/h6-8,11H,4-5H2,1-3H3/t6-,7?,8-/m0/s1. The van der Waals surface area contributed by atoms with Crippen molar-refractivity contribution in [2.45, 2.75) is 44.8 Å². The lowest BCUT2D eigenvalue weighted by Gasteiger charge is -2.21. The highest BCUT2D eigenvalue weighted by molar-refractivity contribution is 5.77. The van der Waals surface area contributed by atoms with Gasteiger partial charge in [0.1, 0.15) is 18.2 Å². The Kier molecular flexibility index (Phi) is 2.70. The van der Waals surface area contributed by atoms with Gasteiger partial charge in [-0.3, -0.25) is 10.1 Å². The van der Waals surface area contributed by atoms with Gasteiger partial charge in [-0.25, -0.2) is 0 Å². The lowest BCUT2D eigenvalue weighted by Crippen LogP contribution is -2.42. The second-order valence-electron chi connectivity index (χ2n) is 4.28. The van der Waals surface area contributed by atoms with Gasteiger partial charge < -0.3 is 14.2 Å². The highest BCUT2D eigenvalue weighted by Gasteiger charge is 2.51. The molecule has 2 aliphatic heterocycles. The van der Waals surface area contributed by atoms with Crippen molar-refractivity contribution in [2.24, 2.45) is 0 Å². The zero-order valence-electron chi connectivity index (χ0n) is 9.28. The quantitative estimate of drug-likeness (QED) is 0.659. The topological polar surface area (TPSA) is 56.8 Å². The molecule has 0 aromatic heterocycles. The Morgan fingerprint density at radius 2 is 2.27 bits per heavy atom. The minimum atomic E-state index is -0.595. The summed E-state index contributed by atoms with van der Waals surface area (Å²) in [6.07, 6.45) is -0.270. The van der Waals surface area contributed by atoms with E-state index in [0.717, 1.165) is 0 Å². The highest BCUT2D eigenvalue weighted by Crippen LogP contribution is 2.32. The molecule has 0 aromatic carbocycles. The van der Waals surface area contributed by atoms with E-state index in [-0.39, 0.29) is 18.2 Å². The predicted octanol–water partition coefficient (Wildman–Crippen LogP) is 0.0414. The summed E-state index contributed by atoms with van der Waals surface area (Å²) in [6.45, 7) is 6.53. The van der Waals surface area contributed by atoms with Crippen LogP contribution in [0.25, 0.3) is 0 Å². The molecule has 86 valence electrons. The molecule has 0 aliphatic carbocycles. The second kappa shape index (κ2) is 3.73. The third-order valence-electron chi connectivity index (χ3n) is 2.63. The van der Waals surface area contributed by atoms with E-state index in [2.05, 4.69) is 5.32 Å². The fourth-order valence-electron chi connectivity index (χ4n) is 2.11. The molecule has 2 saturated heterocycles. The molecule has 0 amide bonds. The van der Waals surface area contributed by atoms with Gasteiger partial charge in [-0.05, 0) is 20.8 Å². The Labute approximate surface area is 89.1 Å². The molecule has 2 rings (SSSR count). The van der Waals surface area contributed by atoms with Crippen LogP contribution in [-0.4, -0.2) is 43.2 Å². The van der Waals surface area contributed by atoms with Crippen molar-refractivity contribution in [1.29, 1.82) is 0 Å². The Balaban J connectivity index is 2.02. The van der Waals surface area contributed by atoms with E-state index in [1.165, 1.54) is 0 Å². The van der Waals surface area contributed by atoms with Crippen LogP contribution in [0.2, 0.25) is 0 Å². The van der Waals surface area contributed by atoms with Crippen molar-refractivity contribution in [1.82, 2.24) is 5.32 Å². The van der Waals surface area contributed by atoms with E-state index < -0.39 is 11.8 Å². The summed E-state index contributed by atoms with van der Waals surface area (Å²) in [5, 5.41) is 3.06. The first-order chi connectivity index (χ1) is 7.03. The number of hydrogen-bond acceptors (Lipinski definition) is 5. The Morgan fingerprint density at radius 3 is 2.93 bits per heavy atom. The third kappa shape index (κ3) is 2.00. The normalized spacial score (nSPS) is 37.7. The van der Waals surface area contributed by atoms with Gasteiger partial charge in [-0.15, -0.1) is 0 Å². The first-order valence-electron chi connectivity index (χ1n) is 5.29. The molecule has 0 radical (unpaired) electrons. The van der Waals surface area contributed by atoms with Crippen LogP contribution < -0.4 is 5.32 Å². The summed E-state index contributed by atoms with van der Waals surface area (Å²) in [4.78, 5) is 11.6. The largest absolute Gasteiger partial charge is 0.465 e. The van der Waals surface area contributed by atoms with Gasteiger partial charge in [0.05, 0.1) is 6.61 Å². The van der Waals surface area contributed by atoms with Crippen molar-refractivity contribution < 1.29 is 19.0 Å². The number of carbonyl (C=O) groups excluding carboxylic acids is 1. The number of esters is 1. The molecule has 5 nitrogen and oxygen atoms in total. The molecular formula is C10H17NO4. The van der Waals surface area contributed by atoms with Gasteiger partial charge in [0.25, 0.3) is 0 Å². The van der Waals surface area contributed by atoms with Gasteiger partial charge in [0.2, 0.25) is 0 Å². The molecule has 15 heavy (non-hydrogen) atoms. The zero-order chi connectivity index (χ0) is 11.1. The Bertz CT molecular complexity index is 266. The number of nitrogens with one attached hydrogen (secondary N) is 1. The molecule has 3 atom stereocenters. The van der Waals surface area contributed by atoms with Crippen LogP contribution in [0.4, 0.5) is 0 Å². The van der Waals surface area contributed by atoms with Crippen LogP contribution in [0.15, 0.2) is 0 Å². The molecule has 0 spiro atoms. The fourth-order valence-corrected chi connectivity index (χ4v) is 2.11. The fraction of sp³-hybridized carbons (Fsp3) is 0.900. The average molecular weight is 215 g/mol. The number of hydrogen-bond donors (Lipinski definition) is 1. The van der Waals surface area contributed by atoms with Crippen molar-refractivity contribution in [3.05, 3.63) is 0 Å². The van der Waals surface area contributed by atoms with Crippen molar-refractivity contribution >= 4 is 5.97 Å². The van der Waals surface area contributed by atoms with Gasteiger partial charge >= 0.3 is 5.97 Å². The molecule has 2 aliphatic rings. The first kappa shape index (κ1) is 10.9. The molecule has 0 bridgehead atoms. The Hall–Kier alpha value is -0.650. The number of rotatable bonds is 2. The molecule has 1 unspecified atom stereocenters. The maximum Gasteiger partial charge on any atom is 0.325 e. The van der Waals surface area contributed by atoms with Gasteiger partial charge in [0.15, 0.2) is 5.79 Å². The van der Waals surface area contributed by atoms with Crippen LogP contribution in [-0.2, 0) is 19.0 Å². The van der Waals surface area contributed by atoms with Crippen LogP contribution in [0, 0.1) is 0 Å². The van der Waals surface area contributed by atoms with E-state index in [1.54, 1.807) is 6.92 Å². The lowest BCUT2D eigenvalue weighted by atomic mass is 10.1. The molecular weight excluding hydrogens is 198 g/mol. The summed E-state index contributed by atoms with van der Waals surface area (Å²) < 4.78 is 16.3. The predicted molar refractivity (Wildman–Crippen MR) is 52.2 cm³/mol. The minimum Gasteiger partial charge on any atom is -0.465 e. The molecule has 1 N–H and O–H groups in total. The first-order valence-corrected chi connectivity index (χ1v) is 5.29. The van der Waals surface area contributed by atoms with E-state index in [4.69, 9.17) is 14.2 Å². The van der Waals surface area contributed by atoms with Crippen molar-refractivity contribution in [2.75, 3.05) is 13.2 Å². The van der Waals surface area contributed by atoms with Crippen LogP contribution in [0.1, 0.15) is 20.8 Å². The summed E-state index contributed by atoms with van der Waals surface area (Å²) in [5.41, 5.74) is 0. The monoisotopic (exact) mass is 215 g/mol. The summed E-state index contributed by atoms with van der Waals surface area (Å²) in [5.74, 6) is -0.853. The molecule has 2 fully saturated rings. The maximum atomic E-state index is 11.6. The maximum absolute atomic E-state index is 11.6. The SMILES string of the molecule is CCOC(=O)C1NC[C@@H]2OC(C)(C)O[C@H]12. The smallest absolute Gasteiger partial charge is 0.325 e. The number of ether oxygens (including phenoxy) is 3. The molecule has 0 saturated carbocycles. The second-order valence-corrected chi connectivity index (χ2v) is 4.28. The summed E-state index contributed by atoms with van der Waals surface area (Å²) >= 11 is 0. The van der Waals surface area contributed by atoms with E-state index in [1.807, 2.05) is 13.8 Å². The van der Waals surface area contributed by atoms with E-state index in [9.17, 15) is 4.79 Å². The number of fused-ring (bicyclic) bond motifs is 1. The lowest BCUT2D eigenvalue weighted by molar-refractivity contribution is -0.163. The van der Waals surface area contributed by atoms with E-state index >= 15 is 0 Å². The van der Waals surface area contributed by atoms with Crippen molar-refractivity contribution in [3.63, 3.8) is 0 Å². The zero-order valence-corrected chi connectivity index (χ0v) is 9.28. The van der Waals surface area contributed by atoms with Gasteiger partial charge in [-0.1, -0.05) is 0 Å². The molecule has 0 aromatic rings. The van der Waals surface area contributed by atoms with Gasteiger partial charge in [-0.2, -0.15) is 0 Å². The summed E-state index contributed by atoms with van der Waals surface area (Å²) in [6, 6.07) is -0.392. The average Bonchev–Trinajstić information content (AvgIpc) is 2.59. The van der Waals surface area contributed by atoms with Crippen LogP contribution in [0.3, 0.4) is 0 Å².